The minimum Gasteiger partial charge on any atom is -0.435 e. The van der Waals surface area contributed by atoms with Crippen LogP contribution in [0.3, 0.4) is 0 Å². The van der Waals surface area contributed by atoms with Gasteiger partial charge in [0.25, 0.3) is 5.91 Å². The van der Waals surface area contributed by atoms with Crippen molar-refractivity contribution < 1.29 is 23.4 Å². The molecule has 0 spiro atoms. The van der Waals surface area contributed by atoms with Crippen LogP contribution in [0.1, 0.15) is 23.7 Å². The van der Waals surface area contributed by atoms with Gasteiger partial charge in [0.05, 0.1) is 18.7 Å². The van der Waals surface area contributed by atoms with Crippen LogP contribution in [0.2, 0.25) is 0 Å². The molecule has 1 N–H and O–H groups in total. The smallest absolute Gasteiger partial charge is 0.387 e. The van der Waals surface area contributed by atoms with Crippen LogP contribution in [0.4, 0.5) is 8.78 Å². The summed E-state index contributed by atoms with van der Waals surface area (Å²) in [5.74, 6) is -0.207. The van der Waals surface area contributed by atoms with E-state index < -0.39 is 12.2 Å². The number of nitrogens with zero attached hydrogens (tertiary/aromatic N) is 1. The first-order chi connectivity index (χ1) is 8.93. The summed E-state index contributed by atoms with van der Waals surface area (Å²) in [5.41, 5.74) is -0.395. The van der Waals surface area contributed by atoms with E-state index in [1.165, 1.54) is 29.2 Å². The highest BCUT2D eigenvalue weighted by Gasteiger charge is 2.42. The third kappa shape index (κ3) is 3.01. The fraction of sp³-hybridized carbons (Fsp3) is 0.462. The number of amides is 1. The molecular formula is C13H15F2NO3. The Labute approximate surface area is 109 Å². The van der Waals surface area contributed by atoms with Crippen molar-refractivity contribution in [3.05, 3.63) is 29.8 Å². The minimum absolute atomic E-state index is 0.0141. The highest BCUT2D eigenvalue weighted by atomic mass is 19.3. The number of benzene rings is 1. The van der Waals surface area contributed by atoms with Crippen LogP contribution in [0.5, 0.6) is 5.75 Å². The first kappa shape index (κ1) is 13.7. The summed E-state index contributed by atoms with van der Waals surface area (Å²) in [6.45, 7) is -0.412. The Morgan fingerprint density at radius 3 is 2.47 bits per heavy atom. The zero-order valence-electron chi connectivity index (χ0n) is 10.5. The van der Waals surface area contributed by atoms with Crippen molar-refractivity contribution in [1.82, 2.24) is 4.90 Å². The van der Waals surface area contributed by atoms with Crippen molar-refractivity contribution in [3.63, 3.8) is 0 Å². The van der Waals surface area contributed by atoms with Crippen molar-refractivity contribution in [1.29, 1.82) is 0 Å². The van der Waals surface area contributed by atoms with Gasteiger partial charge in [-0.05, 0) is 30.7 Å². The second-order valence-corrected chi connectivity index (χ2v) is 4.64. The molecule has 0 aromatic heterocycles. The van der Waals surface area contributed by atoms with E-state index in [1.807, 2.05) is 6.92 Å². The van der Waals surface area contributed by atoms with Crippen molar-refractivity contribution >= 4 is 5.91 Å². The first-order valence-corrected chi connectivity index (χ1v) is 6.00. The Kier molecular flexibility index (Phi) is 3.71. The molecule has 0 unspecified atom stereocenters. The van der Waals surface area contributed by atoms with E-state index in [-0.39, 0.29) is 11.7 Å². The second kappa shape index (κ2) is 5.13. The van der Waals surface area contributed by atoms with E-state index >= 15 is 0 Å². The summed E-state index contributed by atoms with van der Waals surface area (Å²) in [6.07, 6.45) is 0.595. The van der Waals surface area contributed by atoms with Gasteiger partial charge in [-0.2, -0.15) is 8.78 Å². The molecule has 1 heterocycles. The molecule has 0 radical (unpaired) electrons. The van der Waals surface area contributed by atoms with Crippen molar-refractivity contribution in [3.8, 4) is 5.75 Å². The molecule has 2 rings (SSSR count). The third-order valence-electron chi connectivity index (χ3n) is 3.24. The number of carbonyl (C=O) groups is 1. The molecule has 1 saturated heterocycles. The molecule has 1 aromatic rings. The third-order valence-corrected chi connectivity index (χ3v) is 3.24. The van der Waals surface area contributed by atoms with E-state index in [0.717, 1.165) is 0 Å². The Hall–Kier alpha value is -1.69. The zero-order valence-corrected chi connectivity index (χ0v) is 10.5. The minimum atomic E-state index is -2.88. The largest absolute Gasteiger partial charge is 0.435 e. The van der Waals surface area contributed by atoms with Gasteiger partial charge in [-0.3, -0.25) is 4.79 Å². The molecule has 6 heteroatoms. The molecule has 0 saturated carbocycles. The number of rotatable bonds is 4. The summed E-state index contributed by atoms with van der Waals surface area (Å²) >= 11 is 0. The Bertz CT molecular complexity index is 455. The molecule has 1 amide bonds. The zero-order chi connectivity index (χ0) is 14.0. The van der Waals surface area contributed by atoms with Gasteiger partial charge in [0.2, 0.25) is 0 Å². The van der Waals surface area contributed by atoms with Gasteiger partial charge < -0.3 is 14.7 Å². The van der Waals surface area contributed by atoms with Gasteiger partial charge in [-0.1, -0.05) is 6.92 Å². The fourth-order valence-electron chi connectivity index (χ4n) is 1.99. The highest BCUT2D eigenvalue weighted by molar-refractivity contribution is 5.95. The lowest BCUT2D eigenvalue weighted by Crippen LogP contribution is -2.63. The predicted octanol–water partition coefficient (Wildman–Crippen LogP) is 1.88. The maximum absolute atomic E-state index is 12.0. The Morgan fingerprint density at radius 2 is 2.00 bits per heavy atom. The number of hydrogen-bond donors (Lipinski definition) is 1. The SMILES string of the molecule is CCC1(O)CN(C(=O)c2ccc(OC(F)F)cc2)C1. The average molecular weight is 271 g/mol. The maximum Gasteiger partial charge on any atom is 0.387 e. The van der Waals surface area contributed by atoms with Gasteiger partial charge in [0.1, 0.15) is 5.75 Å². The van der Waals surface area contributed by atoms with Crippen LogP contribution in [0.15, 0.2) is 24.3 Å². The lowest BCUT2D eigenvalue weighted by molar-refractivity contribution is -0.0826. The fourth-order valence-corrected chi connectivity index (χ4v) is 1.99. The number of hydrogen-bond acceptors (Lipinski definition) is 3. The Balaban J connectivity index is 1.97. The molecule has 1 fully saturated rings. The van der Waals surface area contributed by atoms with Crippen molar-refractivity contribution in [2.45, 2.75) is 25.6 Å². The van der Waals surface area contributed by atoms with Crippen molar-refractivity contribution in [2.24, 2.45) is 0 Å². The number of β-amino-alcohol motifs (C(OH)–C–C–N with tert-alkyl or cyclic N) is 1. The van der Waals surface area contributed by atoms with Crippen LogP contribution < -0.4 is 4.74 Å². The van der Waals surface area contributed by atoms with Crippen LogP contribution in [0, 0.1) is 0 Å². The summed E-state index contributed by atoms with van der Waals surface area (Å²) < 4.78 is 28.1. The first-order valence-electron chi connectivity index (χ1n) is 6.00. The lowest BCUT2D eigenvalue weighted by Gasteiger charge is -2.46. The van der Waals surface area contributed by atoms with E-state index in [1.54, 1.807) is 0 Å². The van der Waals surface area contributed by atoms with E-state index in [2.05, 4.69) is 4.74 Å². The number of carbonyl (C=O) groups excluding carboxylic acids is 1. The van der Waals surface area contributed by atoms with Gasteiger partial charge >= 0.3 is 6.61 Å². The van der Waals surface area contributed by atoms with Gasteiger partial charge in [-0.15, -0.1) is 0 Å². The monoisotopic (exact) mass is 271 g/mol. The number of likely N-dealkylation sites (tertiary alicyclic amines) is 1. The second-order valence-electron chi connectivity index (χ2n) is 4.64. The molecule has 19 heavy (non-hydrogen) atoms. The molecule has 0 bridgehead atoms. The van der Waals surface area contributed by atoms with Crippen LogP contribution in [-0.2, 0) is 0 Å². The summed E-state index contributed by atoms with van der Waals surface area (Å²) in [7, 11) is 0. The number of halogens is 2. The standard InChI is InChI=1S/C13H15F2NO3/c1-2-13(18)7-16(8-13)11(17)9-3-5-10(6-4-9)19-12(14)15/h3-6,12,18H,2,7-8H2,1H3. The van der Waals surface area contributed by atoms with E-state index in [4.69, 9.17) is 0 Å². The summed E-state index contributed by atoms with van der Waals surface area (Å²) in [5, 5.41) is 9.83. The summed E-state index contributed by atoms with van der Waals surface area (Å²) in [6, 6.07) is 5.52. The molecule has 0 atom stereocenters. The van der Waals surface area contributed by atoms with Gasteiger partial charge in [0.15, 0.2) is 0 Å². The molecule has 1 aliphatic rings. The van der Waals surface area contributed by atoms with Gasteiger partial charge in [-0.25, -0.2) is 0 Å². The number of alkyl halides is 2. The average Bonchev–Trinajstić information content (AvgIpc) is 2.34. The number of ether oxygens (including phenoxy) is 1. The molecule has 1 aliphatic heterocycles. The summed E-state index contributed by atoms with van der Waals surface area (Å²) in [4.78, 5) is 13.5. The van der Waals surface area contributed by atoms with E-state index in [9.17, 15) is 18.7 Å². The van der Waals surface area contributed by atoms with Crippen molar-refractivity contribution in [2.75, 3.05) is 13.1 Å². The molecule has 0 aliphatic carbocycles. The van der Waals surface area contributed by atoms with Crippen LogP contribution in [-0.4, -0.2) is 41.2 Å². The quantitative estimate of drug-likeness (QED) is 0.909. The highest BCUT2D eigenvalue weighted by Crippen LogP contribution is 2.26. The maximum atomic E-state index is 12.0. The predicted molar refractivity (Wildman–Crippen MR) is 64.2 cm³/mol. The van der Waals surface area contributed by atoms with Gasteiger partial charge in [0, 0.05) is 5.56 Å². The molecule has 104 valence electrons. The van der Waals surface area contributed by atoms with Crippen LogP contribution >= 0.6 is 0 Å². The Morgan fingerprint density at radius 1 is 1.42 bits per heavy atom. The lowest BCUT2D eigenvalue weighted by atomic mass is 9.90. The van der Waals surface area contributed by atoms with E-state index in [0.29, 0.717) is 25.1 Å². The molecule has 4 nitrogen and oxygen atoms in total. The topological polar surface area (TPSA) is 49.8 Å². The van der Waals surface area contributed by atoms with Crippen LogP contribution in [0.25, 0.3) is 0 Å². The normalized spacial score (nSPS) is 17.2. The molecular weight excluding hydrogens is 256 g/mol. The molecule has 1 aromatic carbocycles. The number of aliphatic hydroxyl groups is 1.